The minimum atomic E-state index is 0.309. The molecule has 1 heterocycles. The Morgan fingerprint density at radius 1 is 1.25 bits per heavy atom. The van der Waals surface area contributed by atoms with Gasteiger partial charge in [-0.3, -0.25) is 4.68 Å². The molecule has 1 aromatic carbocycles. The highest BCUT2D eigenvalue weighted by atomic mass is 15.3. The molecule has 0 fully saturated rings. The monoisotopic (exact) mass is 215 g/mol. The van der Waals surface area contributed by atoms with Gasteiger partial charge in [0.2, 0.25) is 0 Å². The summed E-state index contributed by atoms with van der Waals surface area (Å²) < 4.78 is 1.93. The first kappa shape index (κ1) is 10.9. The second-order valence-corrected chi connectivity index (χ2v) is 3.95. The summed E-state index contributed by atoms with van der Waals surface area (Å²) in [6.45, 7) is 2.14. The molecular weight excluding hydrogens is 198 g/mol. The zero-order valence-corrected chi connectivity index (χ0v) is 9.94. The van der Waals surface area contributed by atoms with E-state index in [-0.39, 0.29) is 0 Å². The average molecular weight is 215 g/mol. The smallest absolute Gasteiger partial charge is 0.0726 e. The van der Waals surface area contributed by atoms with E-state index in [1.807, 2.05) is 31.0 Å². The van der Waals surface area contributed by atoms with Gasteiger partial charge >= 0.3 is 0 Å². The highest BCUT2D eigenvalue weighted by Gasteiger charge is 2.14. The van der Waals surface area contributed by atoms with Crippen molar-refractivity contribution in [2.45, 2.75) is 13.0 Å². The summed E-state index contributed by atoms with van der Waals surface area (Å²) >= 11 is 0. The normalized spacial score (nSPS) is 12.7. The van der Waals surface area contributed by atoms with Gasteiger partial charge in [0.05, 0.1) is 11.9 Å². The third-order valence-electron chi connectivity index (χ3n) is 2.91. The number of nitrogens with zero attached hydrogens (tertiary/aromatic N) is 2. The van der Waals surface area contributed by atoms with Crippen LogP contribution in [0.2, 0.25) is 0 Å². The van der Waals surface area contributed by atoms with Crippen LogP contribution in [0.25, 0.3) is 11.3 Å². The van der Waals surface area contributed by atoms with E-state index >= 15 is 0 Å². The van der Waals surface area contributed by atoms with Crippen molar-refractivity contribution in [1.82, 2.24) is 15.1 Å². The van der Waals surface area contributed by atoms with E-state index in [4.69, 9.17) is 0 Å². The Balaban J connectivity index is 2.52. The summed E-state index contributed by atoms with van der Waals surface area (Å²) in [6.07, 6.45) is 1.93. The molecule has 0 amide bonds. The zero-order chi connectivity index (χ0) is 11.5. The van der Waals surface area contributed by atoms with Crippen LogP contribution in [0.5, 0.6) is 0 Å². The maximum atomic E-state index is 4.34. The van der Waals surface area contributed by atoms with Crippen molar-refractivity contribution in [3.63, 3.8) is 0 Å². The summed E-state index contributed by atoms with van der Waals surface area (Å²) in [5, 5.41) is 7.59. The number of hydrogen-bond donors (Lipinski definition) is 1. The number of hydrogen-bond acceptors (Lipinski definition) is 2. The number of nitrogens with one attached hydrogen (secondary N) is 1. The van der Waals surface area contributed by atoms with Gasteiger partial charge in [-0.1, -0.05) is 30.3 Å². The summed E-state index contributed by atoms with van der Waals surface area (Å²) in [6, 6.07) is 10.7. The van der Waals surface area contributed by atoms with Gasteiger partial charge in [0.25, 0.3) is 0 Å². The first-order chi connectivity index (χ1) is 7.74. The highest BCUT2D eigenvalue weighted by molar-refractivity contribution is 5.63. The fraction of sp³-hybridized carbons (Fsp3) is 0.308. The van der Waals surface area contributed by atoms with Crippen molar-refractivity contribution >= 4 is 0 Å². The van der Waals surface area contributed by atoms with E-state index in [0.29, 0.717) is 6.04 Å². The van der Waals surface area contributed by atoms with E-state index < -0.39 is 0 Å². The van der Waals surface area contributed by atoms with Gasteiger partial charge in [-0.2, -0.15) is 5.10 Å². The zero-order valence-electron chi connectivity index (χ0n) is 9.94. The van der Waals surface area contributed by atoms with Crippen LogP contribution in [0.15, 0.2) is 36.5 Å². The molecule has 0 aliphatic heterocycles. The molecule has 2 aromatic rings. The van der Waals surface area contributed by atoms with Crippen molar-refractivity contribution in [2.24, 2.45) is 7.05 Å². The van der Waals surface area contributed by atoms with E-state index in [2.05, 4.69) is 41.6 Å². The molecule has 3 nitrogen and oxygen atoms in total. The third kappa shape index (κ3) is 1.86. The first-order valence-corrected chi connectivity index (χ1v) is 5.48. The molecule has 0 saturated heterocycles. The Kier molecular flexibility index (Phi) is 3.06. The number of benzene rings is 1. The lowest BCUT2D eigenvalue weighted by atomic mass is 10.0. The Labute approximate surface area is 96.1 Å². The average Bonchev–Trinajstić information content (AvgIpc) is 2.71. The summed E-state index contributed by atoms with van der Waals surface area (Å²) in [5.74, 6) is 0. The van der Waals surface area contributed by atoms with Gasteiger partial charge in [0, 0.05) is 24.2 Å². The number of rotatable bonds is 3. The summed E-state index contributed by atoms with van der Waals surface area (Å²) in [4.78, 5) is 0. The molecule has 1 atom stereocenters. The van der Waals surface area contributed by atoms with E-state index in [1.54, 1.807) is 0 Å². The molecule has 3 heteroatoms. The molecule has 1 aromatic heterocycles. The Morgan fingerprint density at radius 2 is 1.94 bits per heavy atom. The van der Waals surface area contributed by atoms with Gasteiger partial charge in [-0.05, 0) is 14.0 Å². The van der Waals surface area contributed by atoms with E-state index in [9.17, 15) is 0 Å². The first-order valence-electron chi connectivity index (χ1n) is 5.48. The van der Waals surface area contributed by atoms with Gasteiger partial charge in [0.15, 0.2) is 0 Å². The molecule has 0 spiro atoms. The SMILES string of the molecule is CNC(C)c1cnn(C)c1-c1ccccc1. The Morgan fingerprint density at radius 3 is 2.56 bits per heavy atom. The van der Waals surface area contributed by atoms with Gasteiger partial charge in [0.1, 0.15) is 0 Å². The van der Waals surface area contributed by atoms with E-state index in [0.717, 1.165) is 0 Å². The third-order valence-corrected chi connectivity index (χ3v) is 2.91. The molecule has 84 valence electrons. The van der Waals surface area contributed by atoms with Crippen molar-refractivity contribution in [3.05, 3.63) is 42.1 Å². The number of aromatic nitrogens is 2. The molecule has 0 aliphatic carbocycles. The quantitative estimate of drug-likeness (QED) is 0.851. The van der Waals surface area contributed by atoms with Gasteiger partial charge < -0.3 is 5.32 Å². The van der Waals surface area contributed by atoms with Gasteiger partial charge in [-0.25, -0.2) is 0 Å². The highest BCUT2D eigenvalue weighted by Crippen LogP contribution is 2.27. The molecule has 2 rings (SSSR count). The van der Waals surface area contributed by atoms with Gasteiger partial charge in [-0.15, -0.1) is 0 Å². The van der Waals surface area contributed by atoms with Crippen LogP contribution in [0, 0.1) is 0 Å². The number of aryl methyl sites for hydroxylation is 1. The topological polar surface area (TPSA) is 29.9 Å². The summed E-state index contributed by atoms with van der Waals surface area (Å²) in [7, 11) is 3.95. The van der Waals surface area contributed by atoms with E-state index in [1.165, 1.54) is 16.8 Å². The molecule has 0 aliphatic rings. The van der Waals surface area contributed by atoms with Crippen molar-refractivity contribution in [2.75, 3.05) is 7.05 Å². The molecule has 16 heavy (non-hydrogen) atoms. The van der Waals surface area contributed by atoms with Crippen LogP contribution in [0.1, 0.15) is 18.5 Å². The molecule has 1 N–H and O–H groups in total. The standard InChI is InChI=1S/C13H17N3/c1-10(14-2)12-9-15-16(3)13(12)11-7-5-4-6-8-11/h4-10,14H,1-3H3. The fourth-order valence-electron chi connectivity index (χ4n) is 1.88. The maximum absolute atomic E-state index is 4.34. The minimum absolute atomic E-state index is 0.309. The lowest BCUT2D eigenvalue weighted by Gasteiger charge is -2.12. The Bertz CT molecular complexity index is 459. The van der Waals surface area contributed by atoms with Crippen LogP contribution >= 0.6 is 0 Å². The molecule has 0 saturated carbocycles. The fourth-order valence-corrected chi connectivity index (χ4v) is 1.88. The molecular formula is C13H17N3. The van der Waals surface area contributed by atoms with Crippen LogP contribution in [-0.4, -0.2) is 16.8 Å². The predicted molar refractivity (Wildman–Crippen MR) is 66.1 cm³/mol. The summed E-state index contributed by atoms with van der Waals surface area (Å²) in [5.41, 5.74) is 3.62. The maximum Gasteiger partial charge on any atom is 0.0726 e. The lowest BCUT2D eigenvalue weighted by molar-refractivity contribution is 0.653. The van der Waals surface area contributed by atoms with Crippen LogP contribution < -0.4 is 5.32 Å². The van der Waals surface area contributed by atoms with Crippen LogP contribution in [0.3, 0.4) is 0 Å². The van der Waals surface area contributed by atoms with Crippen molar-refractivity contribution < 1.29 is 0 Å². The van der Waals surface area contributed by atoms with Crippen LogP contribution in [-0.2, 0) is 7.05 Å². The predicted octanol–water partition coefficient (Wildman–Crippen LogP) is 2.37. The molecule has 1 unspecified atom stereocenters. The van der Waals surface area contributed by atoms with Crippen LogP contribution in [0.4, 0.5) is 0 Å². The van der Waals surface area contributed by atoms with Crippen molar-refractivity contribution in [3.8, 4) is 11.3 Å². The van der Waals surface area contributed by atoms with Crippen molar-refractivity contribution in [1.29, 1.82) is 0 Å². The Hall–Kier alpha value is -1.61. The minimum Gasteiger partial charge on any atom is -0.313 e. The molecule has 0 bridgehead atoms. The molecule has 0 radical (unpaired) electrons. The second-order valence-electron chi connectivity index (χ2n) is 3.95. The second kappa shape index (κ2) is 4.49. The lowest BCUT2D eigenvalue weighted by Crippen LogP contribution is -2.12. The largest absolute Gasteiger partial charge is 0.313 e.